The van der Waals surface area contributed by atoms with E-state index in [-0.39, 0.29) is 67.8 Å². The molecule has 1 aliphatic heterocycles. The van der Waals surface area contributed by atoms with Gasteiger partial charge >= 0.3 is 29.8 Å². The lowest BCUT2D eigenvalue weighted by Gasteiger charge is -2.37. The summed E-state index contributed by atoms with van der Waals surface area (Å²) in [6.07, 6.45) is -4.14. The first-order valence-electron chi connectivity index (χ1n) is 28.9. The second-order valence-corrected chi connectivity index (χ2v) is 22.6. The maximum Gasteiger partial charge on any atom is 0.374 e. The van der Waals surface area contributed by atoms with Crippen LogP contribution >= 0.6 is 0 Å². The highest BCUT2D eigenvalue weighted by molar-refractivity contribution is 6.13. The highest BCUT2D eigenvalue weighted by atomic mass is 16.7. The van der Waals surface area contributed by atoms with Gasteiger partial charge in [0.25, 0.3) is 23.4 Å². The molecule has 85 heavy (non-hydrogen) atoms. The second kappa shape index (κ2) is 32.7. The summed E-state index contributed by atoms with van der Waals surface area (Å²) in [7, 11) is 4.42. The van der Waals surface area contributed by atoms with Crippen LogP contribution in [0.1, 0.15) is 116 Å². The number of rotatable bonds is 29. The molecule has 0 aliphatic carbocycles. The summed E-state index contributed by atoms with van der Waals surface area (Å²) in [5, 5.41) is 18.4. The average Bonchev–Trinajstić information content (AvgIpc) is 3.54. The van der Waals surface area contributed by atoms with Gasteiger partial charge in [-0.15, -0.1) is 0 Å². The second-order valence-electron chi connectivity index (χ2n) is 22.6. The minimum atomic E-state index is -1.52. The van der Waals surface area contributed by atoms with Crippen molar-refractivity contribution < 1.29 is 67.1 Å². The molecule has 1 saturated heterocycles. The maximum atomic E-state index is 14.9. The van der Waals surface area contributed by atoms with E-state index in [0.717, 1.165) is 10.5 Å². The third-order valence-electron chi connectivity index (χ3n) is 14.4. The maximum absolute atomic E-state index is 14.9. The van der Waals surface area contributed by atoms with Gasteiger partial charge in [-0.2, -0.15) is 0 Å². The number of esters is 4. The number of likely N-dealkylation sites (tertiary alicyclic amines) is 1. The van der Waals surface area contributed by atoms with Crippen molar-refractivity contribution in [1.29, 1.82) is 0 Å². The van der Waals surface area contributed by atoms with E-state index in [9.17, 15) is 48.5 Å². The molecule has 2 unspecified atom stereocenters. The Labute approximate surface area is 497 Å². The number of nitrogens with zero attached hydrogens (tertiary/aromatic N) is 5. The van der Waals surface area contributed by atoms with Gasteiger partial charge in [-0.1, -0.05) is 138 Å². The van der Waals surface area contributed by atoms with Gasteiger partial charge in [-0.25, -0.2) is 19.2 Å². The van der Waals surface area contributed by atoms with E-state index >= 15 is 0 Å². The quantitative estimate of drug-likeness (QED) is 0.0136. The smallest absolute Gasteiger partial charge is 0.374 e. The van der Waals surface area contributed by atoms with E-state index in [1.807, 2.05) is 47.6 Å². The van der Waals surface area contributed by atoms with Crippen LogP contribution in [0.3, 0.4) is 0 Å². The Morgan fingerprint density at radius 1 is 0.588 bits per heavy atom. The zero-order valence-corrected chi connectivity index (χ0v) is 50.5. The van der Waals surface area contributed by atoms with E-state index in [4.69, 9.17) is 23.8 Å². The molecule has 4 aromatic carbocycles. The summed E-state index contributed by atoms with van der Waals surface area (Å²) in [6.45, 7) is 14.0. The molecule has 0 saturated carbocycles. The summed E-state index contributed by atoms with van der Waals surface area (Å²) in [5.74, 6) is -6.80. The molecule has 0 bridgehead atoms. The highest BCUT2D eigenvalue weighted by Crippen LogP contribution is 2.26. The monoisotopic (exact) mass is 1170 g/mol. The Morgan fingerprint density at radius 3 is 1.59 bits per heavy atom. The fourth-order valence-electron chi connectivity index (χ4n) is 9.80. The van der Waals surface area contributed by atoms with E-state index in [2.05, 4.69) is 10.5 Å². The minimum absolute atomic E-state index is 0.0232. The largest absolute Gasteiger partial charge is 0.451 e. The van der Waals surface area contributed by atoms with Crippen molar-refractivity contribution >= 4 is 59.0 Å². The van der Waals surface area contributed by atoms with Crippen molar-refractivity contribution in [3.8, 4) is 0 Å². The number of nitro benzene ring substituents is 1. The Hall–Kier alpha value is -8.33. The number of piperidine rings is 1. The number of non-ortho nitro benzene ring substituents is 1. The number of carbonyl (C=O) groups excluding carboxylic acids is 8. The molecule has 21 heteroatoms. The Kier molecular flexibility index (Phi) is 25.9. The number of hydrogen-bond acceptors (Lipinski definition) is 17. The van der Waals surface area contributed by atoms with Crippen LogP contribution in [0.5, 0.6) is 0 Å². The number of amides is 3. The van der Waals surface area contributed by atoms with Gasteiger partial charge in [0.2, 0.25) is 0 Å². The Bertz CT molecular complexity index is 2920. The summed E-state index contributed by atoms with van der Waals surface area (Å²) in [5.41, 5.74) is 2.28. The third kappa shape index (κ3) is 19.9. The minimum Gasteiger partial charge on any atom is -0.451 e. The molecule has 0 aromatic heterocycles. The number of carbonyl (C=O) groups is 8. The molecular formula is C64H82N6O15. The number of nitro groups is 1. The molecule has 5 rings (SSSR count). The highest BCUT2D eigenvalue weighted by Gasteiger charge is 2.43. The van der Waals surface area contributed by atoms with Gasteiger partial charge in [0.05, 0.1) is 4.92 Å². The van der Waals surface area contributed by atoms with Crippen molar-refractivity contribution in [3.05, 3.63) is 148 Å². The molecule has 0 radical (unpaired) electrons. The fraction of sp³-hybridized carbons (Fsp3) is 0.484. The van der Waals surface area contributed by atoms with Gasteiger partial charge in [0.1, 0.15) is 29.9 Å². The summed E-state index contributed by atoms with van der Waals surface area (Å²) in [6, 6.07) is 27.5. The number of hydrogen-bond donors (Lipinski definition) is 1. The van der Waals surface area contributed by atoms with Crippen molar-refractivity contribution in [2.24, 2.45) is 22.9 Å². The standard InChI is InChI=1S/C64H82N6O15/c1-40(2)35-50(65-9)61(75)83-54(38-45-23-15-12-16-24-45)58(72)68(11)52(36-41(3)4)63(77)81-43(7)57(71)67(10)53(37-42(5)6)64(78)84-55(39-46-25-17-13-18-26-46)59(73)69-34-22-21-29-51(69)62(76)82-44(8)60(74)85-66-56(47-27-19-14-20-28-47)48-30-32-49(33-31-48)70(79)80/h12-20,23-28,30-33,40-44,50-55,65H,21-22,29,34-39H2,1-11H3/b66-56-/t43?,44-,50+,51-,52+,53-,54?,55+/m1/s1. The fourth-order valence-corrected chi connectivity index (χ4v) is 9.80. The number of likely N-dealkylation sites (N-methyl/N-ethyl adjacent to an activating group) is 3. The zero-order valence-electron chi connectivity index (χ0n) is 50.5. The first kappa shape index (κ1) is 67.5. The molecule has 0 spiro atoms. The average molecular weight is 1180 g/mol. The lowest BCUT2D eigenvalue weighted by atomic mass is 9.99. The summed E-state index contributed by atoms with van der Waals surface area (Å²) in [4.78, 5) is 133. The number of benzene rings is 4. The van der Waals surface area contributed by atoms with E-state index in [0.29, 0.717) is 36.0 Å². The van der Waals surface area contributed by atoms with Gasteiger partial charge < -0.3 is 43.8 Å². The van der Waals surface area contributed by atoms with Gasteiger partial charge in [0.15, 0.2) is 24.4 Å². The number of oxime groups is 1. The Morgan fingerprint density at radius 2 is 1.07 bits per heavy atom. The van der Waals surface area contributed by atoms with Crippen LogP contribution < -0.4 is 5.32 Å². The summed E-state index contributed by atoms with van der Waals surface area (Å²) < 4.78 is 23.5. The molecule has 4 aromatic rings. The molecule has 8 atom stereocenters. The van der Waals surface area contributed by atoms with Crippen molar-refractivity contribution in [2.75, 3.05) is 27.7 Å². The summed E-state index contributed by atoms with van der Waals surface area (Å²) >= 11 is 0. The first-order chi connectivity index (χ1) is 40.4. The topological polar surface area (TPSA) is 260 Å². The van der Waals surface area contributed by atoms with Gasteiger partial charge in [-0.3, -0.25) is 29.3 Å². The van der Waals surface area contributed by atoms with Crippen LogP contribution in [0.15, 0.2) is 120 Å². The first-order valence-corrected chi connectivity index (χ1v) is 28.9. The van der Waals surface area contributed by atoms with Crippen molar-refractivity contribution in [2.45, 2.75) is 155 Å². The molecule has 1 heterocycles. The molecule has 458 valence electrons. The van der Waals surface area contributed by atoms with Crippen LogP contribution in [0.25, 0.3) is 0 Å². The number of ether oxygens (including phenoxy) is 4. The lowest BCUT2D eigenvalue weighted by Crippen LogP contribution is -2.55. The molecule has 1 N–H and O–H groups in total. The van der Waals surface area contributed by atoms with E-state index in [1.165, 1.54) is 62.0 Å². The zero-order chi connectivity index (χ0) is 62.5. The van der Waals surface area contributed by atoms with Crippen molar-refractivity contribution in [1.82, 2.24) is 20.0 Å². The normalized spacial score (nSPS) is 16.0. The predicted molar refractivity (Wildman–Crippen MR) is 316 cm³/mol. The molecule has 1 fully saturated rings. The lowest BCUT2D eigenvalue weighted by molar-refractivity contribution is -0.384. The predicted octanol–water partition coefficient (Wildman–Crippen LogP) is 7.82. The van der Waals surface area contributed by atoms with E-state index < -0.39 is 101 Å². The van der Waals surface area contributed by atoms with Crippen LogP contribution in [-0.2, 0) is 75.0 Å². The van der Waals surface area contributed by atoms with Crippen LogP contribution in [0, 0.1) is 27.9 Å². The molecule has 1 aliphatic rings. The van der Waals surface area contributed by atoms with Crippen LogP contribution in [0.2, 0.25) is 0 Å². The number of nitrogens with one attached hydrogen (secondary N) is 1. The molecule has 3 amide bonds. The molecule has 21 nitrogen and oxygen atoms in total. The van der Waals surface area contributed by atoms with Gasteiger partial charge in [-0.05, 0) is 100 Å². The third-order valence-corrected chi connectivity index (χ3v) is 14.4. The molecular weight excluding hydrogens is 1090 g/mol. The van der Waals surface area contributed by atoms with Crippen LogP contribution in [-0.4, -0.2) is 149 Å². The van der Waals surface area contributed by atoms with Gasteiger partial charge in [0, 0.05) is 56.7 Å². The Balaban J connectivity index is 1.33. The van der Waals surface area contributed by atoms with Crippen molar-refractivity contribution in [3.63, 3.8) is 0 Å². The SMILES string of the molecule is CN[C@@H](CC(C)C)C(=O)OC(Cc1ccccc1)C(=O)N(C)[C@@H](CC(C)C)C(=O)OC(C)C(=O)N(C)[C@H](CC(C)C)C(=O)O[C@@H](Cc1ccccc1)C(=O)N1CCCC[C@@H]1C(=O)O[C@H](C)C(=O)O/N=C(/c1ccccc1)c1ccc([N+](=O)[O-])cc1. The van der Waals surface area contributed by atoms with E-state index in [1.54, 1.807) is 92.0 Å². The van der Waals surface area contributed by atoms with Crippen LogP contribution in [0.4, 0.5) is 5.69 Å².